The lowest BCUT2D eigenvalue weighted by Gasteiger charge is -2.18. The van der Waals surface area contributed by atoms with Crippen LogP contribution in [-0.2, 0) is 4.79 Å². The third-order valence-electron chi connectivity index (χ3n) is 2.42. The number of hydrogen-bond acceptors (Lipinski definition) is 2. The fourth-order valence-electron chi connectivity index (χ4n) is 1.68. The average Bonchev–Trinajstić information content (AvgIpc) is 2.53. The Hall–Kier alpha value is -0.640. The average molecular weight is 176 g/mol. The summed E-state index contributed by atoms with van der Waals surface area (Å²) in [6.45, 7) is 0. The third kappa shape index (κ3) is 1.94. The summed E-state index contributed by atoms with van der Waals surface area (Å²) >= 11 is 0. The van der Waals surface area contributed by atoms with E-state index < -0.39 is 18.2 Å². The zero-order valence-electron chi connectivity index (χ0n) is 6.74. The molecular weight excluding hydrogens is 163 g/mol. The molecule has 0 amide bonds. The number of hydrogen-bond donors (Lipinski definition) is 2. The highest BCUT2D eigenvalue weighted by Gasteiger charge is 2.34. The molecule has 3 nitrogen and oxygen atoms in total. The molecule has 70 valence electrons. The molecule has 2 unspecified atom stereocenters. The van der Waals surface area contributed by atoms with Crippen molar-refractivity contribution in [1.82, 2.24) is 0 Å². The summed E-state index contributed by atoms with van der Waals surface area (Å²) in [6.07, 6.45) is -0.00983. The van der Waals surface area contributed by atoms with Gasteiger partial charge in [0.1, 0.15) is 0 Å². The number of carbonyl (C=O) groups is 1. The fraction of sp³-hybridized carbons (Fsp3) is 0.875. The Labute approximate surface area is 70.2 Å². The molecule has 0 aromatic heterocycles. The largest absolute Gasteiger partial charge is 0.479 e. The highest BCUT2D eigenvalue weighted by atomic mass is 19.1. The molecular formula is C8H13FO3. The van der Waals surface area contributed by atoms with Crippen molar-refractivity contribution in [2.24, 2.45) is 5.92 Å². The normalized spacial score (nSPS) is 23.8. The van der Waals surface area contributed by atoms with Gasteiger partial charge in [-0.3, -0.25) is 0 Å². The third-order valence-corrected chi connectivity index (χ3v) is 2.42. The van der Waals surface area contributed by atoms with Crippen LogP contribution in [0.2, 0.25) is 0 Å². The molecule has 2 N–H and O–H groups in total. The number of carboxylic acids is 1. The summed E-state index contributed by atoms with van der Waals surface area (Å²) in [7, 11) is 0. The zero-order valence-corrected chi connectivity index (χ0v) is 6.74. The molecule has 0 saturated heterocycles. The second-order valence-corrected chi connectivity index (χ2v) is 3.28. The van der Waals surface area contributed by atoms with Crippen molar-refractivity contribution in [2.45, 2.75) is 38.0 Å². The van der Waals surface area contributed by atoms with Crippen LogP contribution in [0.15, 0.2) is 0 Å². The lowest BCUT2D eigenvalue weighted by atomic mass is 9.97. The van der Waals surface area contributed by atoms with E-state index in [0.29, 0.717) is 0 Å². The minimum Gasteiger partial charge on any atom is -0.479 e. The van der Waals surface area contributed by atoms with Crippen molar-refractivity contribution >= 4 is 5.97 Å². The first kappa shape index (κ1) is 9.45. The fourth-order valence-corrected chi connectivity index (χ4v) is 1.68. The molecule has 2 atom stereocenters. The lowest BCUT2D eigenvalue weighted by molar-refractivity contribution is -0.148. The standard InChI is InChI=1S/C8H13FO3/c9-6(8(11)12)7(10)5-3-1-2-4-5/h5-7,10H,1-4H2,(H,11,12). The van der Waals surface area contributed by atoms with Crippen LogP contribution in [0, 0.1) is 5.92 Å². The quantitative estimate of drug-likeness (QED) is 0.673. The molecule has 0 aliphatic heterocycles. The van der Waals surface area contributed by atoms with Crippen molar-refractivity contribution in [2.75, 3.05) is 0 Å². The van der Waals surface area contributed by atoms with E-state index in [1.807, 2.05) is 0 Å². The number of aliphatic hydroxyl groups excluding tert-OH is 1. The van der Waals surface area contributed by atoms with Gasteiger partial charge in [0.15, 0.2) is 0 Å². The number of carboxylic acid groups (broad SMARTS) is 1. The molecule has 0 bridgehead atoms. The number of aliphatic carboxylic acids is 1. The molecule has 1 rings (SSSR count). The Balaban J connectivity index is 2.44. The first-order chi connectivity index (χ1) is 5.63. The summed E-state index contributed by atoms with van der Waals surface area (Å²) in [5.74, 6) is -1.72. The van der Waals surface area contributed by atoms with Crippen LogP contribution in [0.5, 0.6) is 0 Å². The summed E-state index contributed by atoms with van der Waals surface area (Å²) < 4.78 is 12.7. The Kier molecular flexibility index (Phi) is 3.03. The highest BCUT2D eigenvalue weighted by molar-refractivity contribution is 5.72. The van der Waals surface area contributed by atoms with Crippen LogP contribution in [0.3, 0.4) is 0 Å². The maximum atomic E-state index is 12.7. The molecule has 1 aliphatic carbocycles. The molecule has 4 heteroatoms. The van der Waals surface area contributed by atoms with E-state index >= 15 is 0 Å². The Morgan fingerprint density at radius 2 is 1.92 bits per heavy atom. The van der Waals surface area contributed by atoms with E-state index in [0.717, 1.165) is 25.7 Å². The highest BCUT2D eigenvalue weighted by Crippen LogP contribution is 2.29. The smallest absolute Gasteiger partial charge is 0.341 e. The van der Waals surface area contributed by atoms with Crippen LogP contribution in [0.4, 0.5) is 4.39 Å². The number of alkyl halides is 1. The maximum Gasteiger partial charge on any atom is 0.341 e. The molecule has 0 aromatic carbocycles. The summed E-state index contributed by atoms with van der Waals surface area (Å²) in [6, 6.07) is 0. The van der Waals surface area contributed by atoms with Crippen molar-refractivity contribution in [3.05, 3.63) is 0 Å². The van der Waals surface area contributed by atoms with E-state index in [1.165, 1.54) is 0 Å². The predicted octanol–water partition coefficient (Wildman–Crippen LogP) is 0.960. The van der Waals surface area contributed by atoms with Crippen LogP contribution < -0.4 is 0 Å². The van der Waals surface area contributed by atoms with Crippen LogP contribution in [0.1, 0.15) is 25.7 Å². The van der Waals surface area contributed by atoms with Crippen LogP contribution in [-0.4, -0.2) is 28.5 Å². The second-order valence-electron chi connectivity index (χ2n) is 3.28. The van der Waals surface area contributed by atoms with Crippen LogP contribution in [0.25, 0.3) is 0 Å². The lowest BCUT2D eigenvalue weighted by Crippen LogP contribution is -2.35. The molecule has 0 radical (unpaired) electrons. The molecule has 12 heavy (non-hydrogen) atoms. The van der Waals surface area contributed by atoms with Crippen molar-refractivity contribution in [3.63, 3.8) is 0 Å². The van der Waals surface area contributed by atoms with Gasteiger partial charge in [-0.25, -0.2) is 9.18 Å². The Morgan fingerprint density at radius 3 is 2.33 bits per heavy atom. The van der Waals surface area contributed by atoms with E-state index in [-0.39, 0.29) is 5.92 Å². The van der Waals surface area contributed by atoms with Gasteiger partial charge in [-0.2, -0.15) is 0 Å². The molecule has 1 fully saturated rings. The number of halogens is 1. The topological polar surface area (TPSA) is 57.5 Å². The maximum absolute atomic E-state index is 12.7. The van der Waals surface area contributed by atoms with Gasteiger partial charge < -0.3 is 10.2 Å². The van der Waals surface area contributed by atoms with Gasteiger partial charge in [-0.05, 0) is 18.8 Å². The van der Waals surface area contributed by atoms with Gasteiger partial charge in [0.2, 0.25) is 6.17 Å². The van der Waals surface area contributed by atoms with Gasteiger partial charge in [0.25, 0.3) is 0 Å². The number of rotatable bonds is 3. The first-order valence-corrected chi connectivity index (χ1v) is 4.18. The first-order valence-electron chi connectivity index (χ1n) is 4.18. The summed E-state index contributed by atoms with van der Waals surface area (Å²) in [5, 5.41) is 17.5. The number of aliphatic hydroxyl groups is 1. The van der Waals surface area contributed by atoms with Crippen molar-refractivity contribution in [3.8, 4) is 0 Å². The molecule has 1 saturated carbocycles. The van der Waals surface area contributed by atoms with E-state index in [2.05, 4.69) is 0 Å². The molecule has 0 spiro atoms. The predicted molar refractivity (Wildman–Crippen MR) is 40.5 cm³/mol. The minimum atomic E-state index is -2.12. The van der Waals surface area contributed by atoms with Gasteiger partial charge in [-0.1, -0.05) is 12.8 Å². The van der Waals surface area contributed by atoms with Gasteiger partial charge in [0, 0.05) is 0 Å². The monoisotopic (exact) mass is 176 g/mol. The SMILES string of the molecule is O=C(O)C(F)C(O)C1CCCC1. The Bertz CT molecular complexity index is 166. The van der Waals surface area contributed by atoms with Gasteiger partial charge in [0.05, 0.1) is 6.10 Å². The van der Waals surface area contributed by atoms with E-state index in [9.17, 15) is 14.3 Å². The second kappa shape index (κ2) is 3.85. The van der Waals surface area contributed by atoms with E-state index in [4.69, 9.17) is 5.11 Å². The minimum absolute atomic E-state index is 0.156. The Morgan fingerprint density at radius 1 is 1.42 bits per heavy atom. The molecule has 0 heterocycles. The molecule has 1 aliphatic rings. The van der Waals surface area contributed by atoms with Crippen molar-refractivity contribution in [1.29, 1.82) is 0 Å². The van der Waals surface area contributed by atoms with E-state index in [1.54, 1.807) is 0 Å². The van der Waals surface area contributed by atoms with Gasteiger partial charge in [-0.15, -0.1) is 0 Å². The summed E-state index contributed by atoms with van der Waals surface area (Å²) in [5.41, 5.74) is 0. The molecule has 0 aromatic rings. The van der Waals surface area contributed by atoms with Crippen LogP contribution >= 0.6 is 0 Å². The zero-order chi connectivity index (χ0) is 9.14. The van der Waals surface area contributed by atoms with Crippen molar-refractivity contribution < 1.29 is 19.4 Å². The van der Waals surface area contributed by atoms with Gasteiger partial charge >= 0.3 is 5.97 Å². The summed E-state index contributed by atoms with van der Waals surface area (Å²) in [4.78, 5) is 10.2.